The first-order valence-electron chi connectivity index (χ1n) is 10.4. The lowest BCUT2D eigenvalue weighted by molar-refractivity contribution is -0.143. The van der Waals surface area contributed by atoms with Gasteiger partial charge in [0.1, 0.15) is 0 Å². The zero-order valence-corrected chi connectivity index (χ0v) is 18.8. The van der Waals surface area contributed by atoms with E-state index in [0.717, 1.165) is 18.3 Å². The van der Waals surface area contributed by atoms with Crippen LogP contribution in [0.1, 0.15) is 16.1 Å². The molecular formula is C20H16ClF4N9O2. The zero-order valence-electron chi connectivity index (χ0n) is 18.0. The number of nitrogens with zero attached hydrogens (tertiary/aromatic N) is 7. The number of amides is 1. The summed E-state index contributed by atoms with van der Waals surface area (Å²) in [7, 11) is 0. The van der Waals surface area contributed by atoms with Crippen molar-refractivity contribution in [1.29, 1.82) is 0 Å². The van der Waals surface area contributed by atoms with Crippen molar-refractivity contribution in [3.8, 4) is 5.82 Å². The number of hydrogen-bond donors (Lipinski definition) is 3. The average molecular weight is 526 g/mol. The highest BCUT2D eigenvalue weighted by atomic mass is 35.5. The van der Waals surface area contributed by atoms with E-state index >= 15 is 0 Å². The second kappa shape index (κ2) is 9.00. The summed E-state index contributed by atoms with van der Waals surface area (Å²) in [6.45, 7) is 0.634. The molecule has 1 fully saturated rings. The van der Waals surface area contributed by atoms with E-state index in [1.165, 1.54) is 22.3 Å². The van der Waals surface area contributed by atoms with E-state index in [-0.39, 0.29) is 41.3 Å². The lowest BCUT2D eigenvalue weighted by atomic mass is 10.1. The summed E-state index contributed by atoms with van der Waals surface area (Å²) in [5.74, 6) is -2.24. The number of hydrazine groups is 1. The van der Waals surface area contributed by atoms with E-state index < -0.39 is 35.3 Å². The Labute approximate surface area is 205 Å². The van der Waals surface area contributed by atoms with Gasteiger partial charge in [-0.05, 0) is 18.2 Å². The Kier molecular flexibility index (Phi) is 5.97. The van der Waals surface area contributed by atoms with E-state index in [2.05, 4.69) is 30.9 Å². The Bertz CT molecular complexity index is 1360. The van der Waals surface area contributed by atoms with Crippen LogP contribution in [0.4, 0.5) is 34.9 Å². The minimum atomic E-state index is -5.01. The SMILES string of the molecule is O=C(Nc1cnc(N2N=CCN2)c(Cl)c1)c1cnn(-c2ccc(F)c(N3CC(O)C3)n2)c1C(F)(F)F. The summed E-state index contributed by atoms with van der Waals surface area (Å²) in [5.41, 5.74) is 0.706. The molecule has 1 amide bonds. The number of nitrogens with one attached hydrogen (secondary N) is 2. The summed E-state index contributed by atoms with van der Waals surface area (Å²) >= 11 is 6.18. The lowest BCUT2D eigenvalue weighted by Crippen LogP contribution is -2.51. The van der Waals surface area contributed by atoms with E-state index in [1.807, 2.05) is 0 Å². The third-order valence-electron chi connectivity index (χ3n) is 5.28. The number of aliphatic hydroxyl groups is 1. The van der Waals surface area contributed by atoms with Crippen LogP contribution in [0.3, 0.4) is 0 Å². The highest BCUT2D eigenvalue weighted by Gasteiger charge is 2.41. The number of aliphatic hydroxyl groups excluding tert-OH is 1. The fourth-order valence-electron chi connectivity index (χ4n) is 3.62. The van der Waals surface area contributed by atoms with Crippen LogP contribution in [0.2, 0.25) is 5.02 Å². The molecule has 0 unspecified atom stereocenters. The molecule has 0 saturated carbocycles. The van der Waals surface area contributed by atoms with Crippen molar-refractivity contribution in [1.82, 2.24) is 25.2 Å². The van der Waals surface area contributed by atoms with Crippen molar-refractivity contribution in [2.24, 2.45) is 5.10 Å². The Balaban J connectivity index is 1.45. The van der Waals surface area contributed by atoms with Gasteiger partial charge in [-0.25, -0.2) is 24.5 Å². The summed E-state index contributed by atoms with van der Waals surface area (Å²) < 4.78 is 56.8. The maximum Gasteiger partial charge on any atom is 0.434 e. The van der Waals surface area contributed by atoms with Crippen LogP contribution in [-0.4, -0.2) is 62.7 Å². The van der Waals surface area contributed by atoms with Crippen molar-refractivity contribution in [3.05, 3.63) is 52.7 Å². The molecule has 0 spiro atoms. The van der Waals surface area contributed by atoms with Crippen LogP contribution in [0, 0.1) is 5.82 Å². The third kappa shape index (κ3) is 4.43. The standard InChI is InChI=1S/C20H16ClF4N9O2/c21-13-5-10(6-26-17(13)34-27-3-4-28-34)30-19(36)12-7-29-33(16(12)20(23,24)25)15-2-1-14(22)18(31-15)32-8-11(35)9-32/h1-3,5-7,11,28,35H,4,8-9H2,(H,30,36). The first kappa shape index (κ1) is 23.9. The molecule has 3 aromatic rings. The normalized spacial score (nSPS) is 15.9. The van der Waals surface area contributed by atoms with E-state index in [0.29, 0.717) is 11.2 Å². The average Bonchev–Trinajstić information content (AvgIpc) is 3.48. The van der Waals surface area contributed by atoms with Crippen LogP contribution in [-0.2, 0) is 6.18 Å². The van der Waals surface area contributed by atoms with Gasteiger partial charge in [-0.2, -0.15) is 28.5 Å². The maximum atomic E-state index is 14.2. The molecule has 3 aromatic heterocycles. The molecule has 1 saturated heterocycles. The quantitative estimate of drug-likeness (QED) is 0.433. The Morgan fingerprint density at radius 2 is 2.00 bits per heavy atom. The molecule has 3 N–H and O–H groups in total. The number of halogens is 5. The molecule has 0 atom stereocenters. The molecular weight excluding hydrogens is 510 g/mol. The number of carbonyl (C=O) groups is 1. The topological polar surface area (TPSA) is 124 Å². The molecule has 5 rings (SSSR count). The van der Waals surface area contributed by atoms with Gasteiger partial charge < -0.3 is 15.3 Å². The molecule has 2 aliphatic heterocycles. The molecule has 2 aliphatic rings. The predicted octanol–water partition coefficient (Wildman–Crippen LogP) is 2.22. The summed E-state index contributed by atoms with van der Waals surface area (Å²) in [5, 5.41) is 20.9. The molecule has 0 aromatic carbocycles. The van der Waals surface area contributed by atoms with Gasteiger partial charge in [0.25, 0.3) is 5.91 Å². The highest BCUT2D eigenvalue weighted by molar-refractivity contribution is 6.33. The van der Waals surface area contributed by atoms with Crippen LogP contribution in [0.15, 0.2) is 35.7 Å². The maximum absolute atomic E-state index is 14.2. The van der Waals surface area contributed by atoms with Gasteiger partial charge in [-0.3, -0.25) is 4.79 Å². The van der Waals surface area contributed by atoms with Crippen LogP contribution < -0.4 is 20.8 Å². The van der Waals surface area contributed by atoms with E-state index in [9.17, 15) is 27.5 Å². The number of rotatable bonds is 5. The van der Waals surface area contributed by atoms with Crippen LogP contribution in [0.25, 0.3) is 5.82 Å². The van der Waals surface area contributed by atoms with Gasteiger partial charge in [-0.15, -0.1) is 0 Å². The lowest BCUT2D eigenvalue weighted by Gasteiger charge is -2.37. The highest BCUT2D eigenvalue weighted by Crippen LogP contribution is 2.35. The first-order chi connectivity index (χ1) is 17.1. The minimum absolute atomic E-state index is 0.0383. The molecule has 16 heteroatoms. The number of carbonyl (C=O) groups excluding carboxylic acids is 1. The van der Waals surface area contributed by atoms with Crippen molar-refractivity contribution >= 4 is 41.0 Å². The van der Waals surface area contributed by atoms with Gasteiger partial charge in [-0.1, -0.05) is 11.6 Å². The van der Waals surface area contributed by atoms with Crippen molar-refractivity contribution in [2.45, 2.75) is 12.3 Å². The van der Waals surface area contributed by atoms with Gasteiger partial charge in [0.15, 0.2) is 29.0 Å². The molecule has 0 bridgehead atoms. The summed E-state index contributed by atoms with van der Waals surface area (Å²) in [4.78, 5) is 22.2. The van der Waals surface area contributed by atoms with Crippen molar-refractivity contribution in [2.75, 3.05) is 35.0 Å². The van der Waals surface area contributed by atoms with Crippen molar-refractivity contribution in [3.63, 3.8) is 0 Å². The van der Waals surface area contributed by atoms with Gasteiger partial charge in [0.05, 0.1) is 41.3 Å². The summed E-state index contributed by atoms with van der Waals surface area (Å²) in [6, 6.07) is 3.26. The number of aromatic nitrogens is 4. The Morgan fingerprint density at radius 3 is 2.64 bits per heavy atom. The van der Waals surface area contributed by atoms with Crippen LogP contribution in [0.5, 0.6) is 0 Å². The minimum Gasteiger partial charge on any atom is -0.389 e. The zero-order chi connectivity index (χ0) is 25.6. The predicted molar refractivity (Wildman–Crippen MR) is 121 cm³/mol. The van der Waals surface area contributed by atoms with Gasteiger partial charge in [0.2, 0.25) is 0 Å². The number of alkyl halides is 3. The van der Waals surface area contributed by atoms with Gasteiger partial charge >= 0.3 is 6.18 Å². The molecule has 36 heavy (non-hydrogen) atoms. The molecule has 5 heterocycles. The fraction of sp³-hybridized carbons (Fsp3) is 0.250. The molecule has 0 radical (unpaired) electrons. The second-order valence-corrected chi connectivity index (χ2v) is 8.21. The van der Waals surface area contributed by atoms with Gasteiger partial charge in [0, 0.05) is 19.3 Å². The fourth-order valence-corrected chi connectivity index (χ4v) is 3.87. The monoisotopic (exact) mass is 525 g/mol. The Morgan fingerprint density at radius 1 is 1.22 bits per heavy atom. The number of hydrazone groups is 1. The molecule has 188 valence electrons. The third-order valence-corrected chi connectivity index (χ3v) is 5.56. The molecule has 11 nitrogen and oxygen atoms in total. The number of β-amino-alcohol motifs (C(OH)–C–C–N with tert-alkyl or cyclic N) is 1. The van der Waals surface area contributed by atoms with E-state index in [1.54, 1.807) is 6.21 Å². The number of pyridine rings is 2. The smallest absolute Gasteiger partial charge is 0.389 e. The van der Waals surface area contributed by atoms with E-state index in [4.69, 9.17) is 11.6 Å². The van der Waals surface area contributed by atoms with Crippen molar-refractivity contribution < 1.29 is 27.5 Å². The number of hydrogen-bond acceptors (Lipinski definition) is 9. The largest absolute Gasteiger partial charge is 0.434 e. The Hall–Kier alpha value is -3.82. The second-order valence-electron chi connectivity index (χ2n) is 7.81. The first-order valence-corrected chi connectivity index (χ1v) is 10.8. The van der Waals surface area contributed by atoms with Crippen LogP contribution >= 0.6 is 11.6 Å². The summed E-state index contributed by atoms with van der Waals surface area (Å²) in [6.07, 6.45) is -2.16. The number of anilines is 3. The molecule has 0 aliphatic carbocycles.